The van der Waals surface area contributed by atoms with Crippen molar-refractivity contribution in [3.63, 3.8) is 0 Å². The zero-order valence-electron chi connectivity index (χ0n) is 11.6. The Hall–Kier alpha value is -1.51. The van der Waals surface area contributed by atoms with E-state index in [4.69, 9.17) is 4.74 Å². The van der Waals surface area contributed by atoms with E-state index >= 15 is 0 Å². The molecule has 1 aliphatic carbocycles. The van der Waals surface area contributed by atoms with E-state index in [0.29, 0.717) is 11.7 Å². The molecule has 1 saturated carbocycles. The summed E-state index contributed by atoms with van der Waals surface area (Å²) in [6.07, 6.45) is 6.00. The Morgan fingerprint density at radius 3 is 2.42 bits per heavy atom. The van der Waals surface area contributed by atoms with Crippen LogP contribution in [-0.2, 0) is 0 Å². The molecule has 1 fully saturated rings. The van der Waals surface area contributed by atoms with Crippen molar-refractivity contribution in [3.05, 3.63) is 30.3 Å². The standard InChI is InChI=1S/C16H23NO2/c1-2-13-8-10-14(11-9-13)12-17-16(18)19-15-6-4-3-5-7-15/h3-7,13-14H,2,8-12H2,1H3,(H,17,18). The molecule has 104 valence electrons. The molecule has 0 bridgehead atoms. The first-order valence-electron chi connectivity index (χ1n) is 7.28. The van der Waals surface area contributed by atoms with Crippen molar-refractivity contribution >= 4 is 6.09 Å². The first-order chi connectivity index (χ1) is 9.28. The molecule has 0 atom stereocenters. The number of nitrogens with one attached hydrogen (secondary N) is 1. The maximum absolute atomic E-state index is 11.6. The molecule has 0 aromatic heterocycles. The Labute approximate surface area is 115 Å². The van der Waals surface area contributed by atoms with Crippen molar-refractivity contribution in [2.75, 3.05) is 6.54 Å². The fourth-order valence-corrected chi connectivity index (χ4v) is 2.70. The molecule has 1 aliphatic rings. The lowest BCUT2D eigenvalue weighted by atomic mass is 9.81. The maximum atomic E-state index is 11.6. The molecule has 0 saturated heterocycles. The number of hydrogen-bond acceptors (Lipinski definition) is 2. The topological polar surface area (TPSA) is 38.3 Å². The van der Waals surface area contributed by atoms with Gasteiger partial charge in [0.15, 0.2) is 0 Å². The summed E-state index contributed by atoms with van der Waals surface area (Å²) >= 11 is 0. The van der Waals surface area contributed by atoms with Gasteiger partial charge in [-0.2, -0.15) is 0 Å². The molecule has 0 radical (unpaired) electrons. The van der Waals surface area contributed by atoms with Crippen LogP contribution in [0.1, 0.15) is 39.0 Å². The van der Waals surface area contributed by atoms with E-state index in [1.54, 1.807) is 12.1 Å². The third-order valence-corrected chi connectivity index (χ3v) is 4.03. The Balaban J connectivity index is 1.67. The Morgan fingerprint density at radius 2 is 1.79 bits per heavy atom. The zero-order chi connectivity index (χ0) is 13.5. The molecule has 3 heteroatoms. The second-order valence-corrected chi connectivity index (χ2v) is 5.38. The Morgan fingerprint density at radius 1 is 1.16 bits per heavy atom. The molecule has 3 nitrogen and oxygen atoms in total. The molecule has 1 aromatic rings. The summed E-state index contributed by atoms with van der Waals surface area (Å²) in [5.41, 5.74) is 0. The Bertz CT molecular complexity index is 383. The lowest BCUT2D eigenvalue weighted by molar-refractivity contribution is 0.193. The van der Waals surface area contributed by atoms with Crippen LogP contribution in [0, 0.1) is 11.8 Å². The lowest BCUT2D eigenvalue weighted by Gasteiger charge is -2.27. The first kappa shape index (κ1) is 13.9. The summed E-state index contributed by atoms with van der Waals surface area (Å²) in [6, 6.07) is 9.18. The monoisotopic (exact) mass is 261 g/mol. The van der Waals surface area contributed by atoms with E-state index in [-0.39, 0.29) is 6.09 Å². The normalized spacial score (nSPS) is 22.8. The van der Waals surface area contributed by atoms with Crippen molar-refractivity contribution in [1.29, 1.82) is 0 Å². The highest BCUT2D eigenvalue weighted by Crippen LogP contribution is 2.30. The molecule has 2 rings (SSSR count). The van der Waals surface area contributed by atoms with E-state index in [0.717, 1.165) is 12.5 Å². The molecule has 1 N–H and O–H groups in total. The third kappa shape index (κ3) is 4.58. The van der Waals surface area contributed by atoms with Gasteiger partial charge < -0.3 is 10.1 Å². The van der Waals surface area contributed by atoms with Gasteiger partial charge in [-0.15, -0.1) is 0 Å². The fraction of sp³-hybridized carbons (Fsp3) is 0.562. The SMILES string of the molecule is CCC1CCC(CNC(=O)Oc2ccccc2)CC1. The summed E-state index contributed by atoms with van der Waals surface area (Å²) in [5, 5.41) is 2.87. The average molecular weight is 261 g/mol. The fourth-order valence-electron chi connectivity index (χ4n) is 2.70. The molecule has 1 amide bonds. The second kappa shape index (κ2) is 7.17. The highest BCUT2D eigenvalue weighted by molar-refractivity contribution is 5.70. The van der Waals surface area contributed by atoms with Crippen LogP contribution in [0.5, 0.6) is 5.75 Å². The van der Waals surface area contributed by atoms with Crippen molar-refractivity contribution in [2.45, 2.75) is 39.0 Å². The van der Waals surface area contributed by atoms with Crippen LogP contribution in [0.25, 0.3) is 0 Å². The van der Waals surface area contributed by atoms with Crippen LogP contribution in [-0.4, -0.2) is 12.6 Å². The zero-order valence-corrected chi connectivity index (χ0v) is 11.6. The number of carbonyl (C=O) groups excluding carboxylic acids is 1. The number of ether oxygens (including phenoxy) is 1. The number of rotatable bonds is 4. The van der Waals surface area contributed by atoms with Gasteiger partial charge in [0.05, 0.1) is 0 Å². The van der Waals surface area contributed by atoms with Crippen LogP contribution in [0.3, 0.4) is 0 Å². The number of carbonyl (C=O) groups is 1. The molecular weight excluding hydrogens is 238 g/mol. The molecular formula is C16H23NO2. The number of amides is 1. The van der Waals surface area contributed by atoms with Crippen molar-refractivity contribution in [3.8, 4) is 5.75 Å². The van der Waals surface area contributed by atoms with E-state index < -0.39 is 0 Å². The van der Waals surface area contributed by atoms with Gasteiger partial charge in [-0.1, -0.05) is 44.4 Å². The third-order valence-electron chi connectivity index (χ3n) is 4.03. The van der Waals surface area contributed by atoms with Crippen molar-refractivity contribution in [1.82, 2.24) is 5.32 Å². The van der Waals surface area contributed by atoms with Gasteiger partial charge in [-0.25, -0.2) is 4.79 Å². The number of para-hydroxylation sites is 1. The number of benzene rings is 1. The molecule has 0 spiro atoms. The Kier molecular flexibility index (Phi) is 5.25. The molecule has 1 aromatic carbocycles. The quantitative estimate of drug-likeness (QED) is 0.890. The van der Waals surface area contributed by atoms with Gasteiger partial charge in [-0.3, -0.25) is 0 Å². The van der Waals surface area contributed by atoms with E-state index in [1.807, 2.05) is 18.2 Å². The van der Waals surface area contributed by atoms with Crippen molar-refractivity contribution in [2.24, 2.45) is 11.8 Å². The van der Waals surface area contributed by atoms with Crippen LogP contribution in [0.4, 0.5) is 4.79 Å². The van der Waals surface area contributed by atoms with Crippen LogP contribution < -0.4 is 10.1 Å². The van der Waals surface area contributed by atoms with Gasteiger partial charge in [-0.05, 0) is 36.8 Å². The molecule has 0 unspecified atom stereocenters. The second-order valence-electron chi connectivity index (χ2n) is 5.38. The highest BCUT2D eigenvalue weighted by Gasteiger charge is 2.20. The van der Waals surface area contributed by atoms with E-state index in [2.05, 4.69) is 12.2 Å². The van der Waals surface area contributed by atoms with Gasteiger partial charge in [0.1, 0.15) is 5.75 Å². The minimum atomic E-state index is -0.344. The van der Waals surface area contributed by atoms with Crippen molar-refractivity contribution < 1.29 is 9.53 Å². The predicted molar refractivity (Wildman–Crippen MR) is 76.2 cm³/mol. The number of hydrogen-bond donors (Lipinski definition) is 1. The van der Waals surface area contributed by atoms with Gasteiger partial charge in [0.25, 0.3) is 0 Å². The molecule has 0 heterocycles. The van der Waals surface area contributed by atoms with E-state index in [9.17, 15) is 4.79 Å². The van der Waals surface area contributed by atoms with Crippen LogP contribution in [0.2, 0.25) is 0 Å². The summed E-state index contributed by atoms with van der Waals surface area (Å²) in [4.78, 5) is 11.6. The summed E-state index contributed by atoms with van der Waals surface area (Å²) in [7, 11) is 0. The summed E-state index contributed by atoms with van der Waals surface area (Å²) in [5.74, 6) is 2.10. The highest BCUT2D eigenvalue weighted by atomic mass is 16.5. The smallest absolute Gasteiger partial charge is 0.410 e. The van der Waals surface area contributed by atoms with Crippen LogP contribution in [0.15, 0.2) is 30.3 Å². The summed E-state index contributed by atoms with van der Waals surface area (Å²) < 4.78 is 5.20. The van der Waals surface area contributed by atoms with Gasteiger partial charge in [0.2, 0.25) is 0 Å². The van der Waals surface area contributed by atoms with Gasteiger partial charge >= 0.3 is 6.09 Å². The lowest BCUT2D eigenvalue weighted by Crippen LogP contribution is -2.33. The van der Waals surface area contributed by atoms with E-state index in [1.165, 1.54) is 32.1 Å². The largest absolute Gasteiger partial charge is 0.412 e. The first-order valence-corrected chi connectivity index (χ1v) is 7.28. The molecule has 0 aliphatic heterocycles. The van der Waals surface area contributed by atoms with Gasteiger partial charge in [0, 0.05) is 6.54 Å². The minimum absolute atomic E-state index is 0.344. The molecule has 19 heavy (non-hydrogen) atoms. The predicted octanol–water partition coefficient (Wildman–Crippen LogP) is 3.99. The maximum Gasteiger partial charge on any atom is 0.412 e. The average Bonchev–Trinajstić information content (AvgIpc) is 2.47. The minimum Gasteiger partial charge on any atom is -0.410 e. The van der Waals surface area contributed by atoms with Crippen LogP contribution >= 0.6 is 0 Å². The summed E-state index contributed by atoms with van der Waals surface area (Å²) in [6.45, 7) is 3.00.